The smallest absolute Gasteiger partial charge is 0.294 e. The lowest BCUT2D eigenvalue weighted by molar-refractivity contribution is -0.117. The average Bonchev–Trinajstić information content (AvgIpc) is 3.47. The van der Waals surface area contributed by atoms with Crippen molar-refractivity contribution in [1.29, 1.82) is 0 Å². The number of anilines is 2. The first-order chi connectivity index (χ1) is 17.8. The topological polar surface area (TPSA) is 92.5 Å². The number of amides is 1. The molecule has 0 spiro atoms. The van der Waals surface area contributed by atoms with Gasteiger partial charge in [0.1, 0.15) is 5.58 Å². The fraction of sp³-hybridized carbons (Fsp3) is 0.172. The fourth-order valence-corrected chi connectivity index (χ4v) is 4.58. The molecule has 37 heavy (non-hydrogen) atoms. The monoisotopic (exact) mass is 498 g/mol. The second kappa shape index (κ2) is 9.39. The molecule has 1 amide bonds. The normalized spacial score (nSPS) is 15.4. The Bertz CT molecular complexity index is 1500. The van der Waals surface area contributed by atoms with Crippen LogP contribution < -0.4 is 19.3 Å². The third-order valence-electron chi connectivity index (χ3n) is 6.47. The lowest BCUT2D eigenvalue weighted by Gasteiger charge is -2.27. The number of carbonyl (C=O) groups is 2. The molecule has 5 rings (SSSR count). The summed E-state index contributed by atoms with van der Waals surface area (Å²) in [6, 6.07) is 20.3. The Labute approximate surface area is 213 Å². The van der Waals surface area contributed by atoms with Crippen LogP contribution in [0.15, 0.2) is 88.5 Å². The first-order valence-corrected chi connectivity index (χ1v) is 11.6. The van der Waals surface area contributed by atoms with Crippen LogP contribution in [0.5, 0.6) is 11.5 Å². The molecule has 0 saturated heterocycles. The molecule has 1 aromatic heterocycles. The minimum atomic E-state index is -0.932. The number of hydrogen-bond donors (Lipinski definition) is 1. The predicted octanol–water partition coefficient (Wildman–Crippen LogP) is 5.30. The Kier molecular flexibility index (Phi) is 6.09. The summed E-state index contributed by atoms with van der Waals surface area (Å²) in [7, 11) is 6.87. The van der Waals surface area contributed by atoms with E-state index in [4.69, 9.17) is 13.9 Å². The van der Waals surface area contributed by atoms with Crippen molar-refractivity contribution in [2.45, 2.75) is 6.04 Å². The van der Waals surface area contributed by atoms with Gasteiger partial charge in [-0.05, 0) is 54.1 Å². The van der Waals surface area contributed by atoms with Crippen molar-refractivity contribution in [3.63, 3.8) is 0 Å². The zero-order valence-electron chi connectivity index (χ0n) is 20.9. The summed E-state index contributed by atoms with van der Waals surface area (Å²) in [5.41, 5.74) is 2.48. The molecule has 1 atom stereocenters. The maximum atomic E-state index is 13.8. The van der Waals surface area contributed by atoms with Gasteiger partial charge in [0.05, 0.1) is 25.8 Å². The lowest BCUT2D eigenvalue weighted by Crippen LogP contribution is -2.31. The highest BCUT2D eigenvalue weighted by Crippen LogP contribution is 2.44. The van der Waals surface area contributed by atoms with Gasteiger partial charge in [0.2, 0.25) is 5.78 Å². The van der Waals surface area contributed by atoms with Crippen LogP contribution in [0.25, 0.3) is 11.0 Å². The third kappa shape index (κ3) is 4.06. The Morgan fingerprint density at radius 1 is 0.946 bits per heavy atom. The third-order valence-corrected chi connectivity index (χ3v) is 6.47. The quantitative estimate of drug-likeness (QED) is 0.346. The van der Waals surface area contributed by atoms with E-state index in [-0.39, 0.29) is 11.3 Å². The zero-order chi connectivity index (χ0) is 26.3. The number of aliphatic hydroxyl groups excluding tert-OH is 1. The molecule has 8 nitrogen and oxygen atoms in total. The molecule has 1 aliphatic rings. The van der Waals surface area contributed by atoms with E-state index in [1.165, 1.54) is 19.1 Å². The maximum absolute atomic E-state index is 13.8. The van der Waals surface area contributed by atoms with Crippen LogP contribution in [0.1, 0.15) is 22.2 Å². The second-order valence-corrected chi connectivity index (χ2v) is 8.84. The molecule has 1 unspecified atom stereocenters. The summed E-state index contributed by atoms with van der Waals surface area (Å²) >= 11 is 0. The Balaban J connectivity index is 1.66. The Morgan fingerprint density at radius 2 is 1.65 bits per heavy atom. The van der Waals surface area contributed by atoms with Crippen molar-refractivity contribution in [1.82, 2.24) is 0 Å². The summed E-state index contributed by atoms with van der Waals surface area (Å²) in [4.78, 5) is 30.6. The Hall–Kier alpha value is -4.72. The van der Waals surface area contributed by atoms with E-state index in [2.05, 4.69) is 0 Å². The molecule has 2 heterocycles. The summed E-state index contributed by atoms with van der Waals surface area (Å²) in [6.45, 7) is 0. The number of aliphatic hydroxyl groups is 1. The number of para-hydroxylation sites is 1. The van der Waals surface area contributed by atoms with Gasteiger partial charge in [-0.15, -0.1) is 0 Å². The number of rotatable bonds is 7. The van der Waals surface area contributed by atoms with Crippen molar-refractivity contribution >= 4 is 34.0 Å². The molecule has 0 aliphatic carbocycles. The maximum Gasteiger partial charge on any atom is 0.294 e. The second-order valence-electron chi connectivity index (χ2n) is 8.84. The van der Waals surface area contributed by atoms with Crippen molar-refractivity contribution in [2.75, 3.05) is 38.1 Å². The van der Waals surface area contributed by atoms with Crippen LogP contribution in [-0.2, 0) is 4.79 Å². The highest BCUT2D eigenvalue weighted by atomic mass is 16.5. The van der Waals surface area contributed by atoms with Gasteiger partial charge >= 0.3 is 0 Å². The number of ether oxygens (including phenoxy) is 2. The van der Waals surface area contributed by atoms with Crippen LogP contribution >= 0.6 is 0 Å². The number of ketones is 1. The van der Waals surface area contributed by atoms with Gasteiger partial charge in [-0.2, -0.15) is 0 Å². The first-order valence-electron chi connectivity index (χ1n) is 11.6. The van der Waals surface area contributed by atoms with E-state index in [0.717, 1.165) is 11.1 Å². The number of fused-ring (bicyclic) bond motifs is 1. The molecule has 0 radical (unpaired) electrons. The number of nitrogens with zero attached hydrogens (tertiary/aromatic N) is 2. The average molecular weight is 499 g/mol. The Morgan fingerprint density at radius 3 is 2.30 bits per heavy atom. The minimum Gasteiger partial charge on any atom is -0.503 e. The molecular formula is C29H26N2O6. The molecular weight excluding hydrogens is 472 g/mol. The van der Waals surface area contributed by atoms with Crippen LogP contribution in [0.2, 0.25) is 0 Å². The van der Waals surface area contributed by atoms with Gasteiger partial charge < -0.3 is 23.9 Å². The summed E-state index contributed by atoms with van der Waals surface area (Å²) in [6.07, 6.45) is 0. The number of methoxy groups -OCH3 is 2. The molecule has 188 valence electrons. The van der Waals surface area contributed by atoms with E-state index in [1.807, 2.05) is 49.3 Å². The van der Waals surface area contributed by atoms with Crippen molar-refractivity contribution < 1.29 is 28.6 Å². The van der Waals surface area contributed by atoms with E-state index in [9.17, 15) is 14.7 Å². The molecule has 0 saturated carbocycles. The van der Waals surface area contributed by atoms with Gasteiger partial charge in [-0.1, -0.05) is 24.3 Å². The number of carbonyl (C=O) groups excluding carboxylic acids is 2. The number of benzene rings is 3. The van der Waals surface area contributed by atoms with Crippen molar-refractivity contribution in [3.8, 4) is 11.5 Å². The molecule has 0 fully saturated rings. The lowest BCUT2D eigenvalue weighted by atomic mass is 9.94. The SMILES string of the molecule is COc1ccc(C2C(C(=O)c3cc4ccccc4o3)=C(O)C(=O)N2c2ccc(N(C)C)cc2)cc1OC. The molecule has 1 aliphatic heterocycles. The molecule has 1 N–H and O–H groups in total. The van der Waals surface area contributed by atoms with E-state index >= 15 is 0 Å². The number of Topliss-reactive ketones (excluding diaryl/α,β-unsaturated/α-hetero) is 1. The van der Waals surface area contributed by atoms with Crippen molar-refractivity contribution in [2.24, 2.45) is 0 Å². The zero-order valence-corrected chi connectivity index (χ0v) is 20.9. The molecule has 8 heteroatoms. The fourth-order valence-electron chi connectivity index (χ4n) is 4.58. The molecule has 4 aromatic rings. The highest BCUT2D eigenvalue weighted by Gasteiger charge is 2.45. The summed E-state index contributed by atoms with van der Waals surface area (Å²) in [5.74, 6) is -0.924. The van der Waals surface area contributed by atoms with E-state index in [0.29, 0.717) is 28.3 Å². The first kappa shape index (κ1) is 24.0. The van der Waals surface area contributed by atoms with Crippen LogP contribution in [-0.4, -0.2) is 45.1 Å². The largest absolute Gasteiger partial charge is 0.503 e. The summed E-state index contributed by atoms with van der Waals surface area (Å²) in [5, 5.41) is 11.8. The van der Waals surface area contributed by atoms with Gasteiger partial charge in [-0.25, -0.2) is 0 Å². The molecule has 0 bridgehead atoms. The highest BCUT2D eigenvalue weighted by molar-refractivity contribution is 6.20. The van der Waals surface area contributed by atoms with E-state index in [1.54, 1.807) is 42.5 Å². The standard InChI is InChI=1S/C29H26N2O6/c1-30(2)19-10-12-20(13-11-19)31-26(18-9-14-22(35-3)23(16-18)36-4)25(28(33)29(31)34)27(32)24-15-17-7-5-6-8-21(17)37-24/h5-16,26,33H,1-4H3. The number of furan rings is 1. The predicted molar refractivity (Wildman–Crippen MR) is 141 cm³/mol. The van der Waals surface area contributed by atoms with Crippen LogP contribution in [0.4, 0.5) is 11.4 Å². The van der Waals surface area contributed by atoms with Crippen LogP contribution in [0.3, 0.4) is 0 Å². The summed E-state index contributed by atoms with van der Waals surface area (Å²) < 4.78 is 16.6. The molecule has 3 aromatic carbocycles. The van der Waals surface area contributed by atoms with Gasteiger partial charge in [0.15, 0.2) is 23.0 Å². The van der Waals surface area contributed by atoms with Gasteiger partial charge in [0.25, 0.3) is 5.91 Å². The number of hydrogen-bond acceptors (Lipinski definition) is 7. The van der Waals surface area contributed by atoms with Gasteiger partial charge in [0, 0.05) is 30.9 Å². The van der Waals surface area contributed by atoms with Gasteiger partial charge in [-0.3, -0.25) is 14.5 Å². The minimum absolute atomic E-state index is 0.0332. The van der Waals surface area contributed by atoms with Crippen LogP contribution in [0, 0.1) is 0 Å². The van der Waals surface area contributed by atoms with Crippen molar-refractivity contribution in [3.05, 3.63) is 95.5 Å². The van der Waals surface area contributed by atoms with E-state index < -0.39 is 23.5 Å².